The highest BCUT2D eigenvalue weighted by Gasteiger charge is 2.21. The van der Waals surface area contributed by atoms with E-state index in [1.54, 1.807) is 24.4 Å². The highest BCUT2D eigenvalue weighted by atomic mass is 35.5. The zero-order valence-electron chi connectivity index (χ0n) is 17.0. The number of benzene rings is 2. The van der Waals surface area contributed by atoms with Crippen molar-refractivity contribution in [1.82, 2.24) is 15.0 Å². The van der Waals surface area contributed by atoms with Crippen molar-refractivity contribution in [3.05, 3.63) is 59.1 Å². The summed E-state index contributed by atoms with van der Waals surface area (Å²) in [7, 11) is -3.52. The van der Waals surface area contributed by atoms with Crippen LogP contribution in [0.5, 0.6) is 11.5 Å². The second-order valence-electron chi connectivity index (χ2n) is 7.17. The number of anilines is 3. The summed E-state index contributed by atoms with van der Waals surface area (Å²) in [5, 5.41) is 4.42. The van der Waals surface area contributed by atoms with Crippen LogP contribution in [-0.4, -0.2) is 36.4 Å². The van der Waals surface area contributed by atoms with Gasteiger partial charge in [0.05, 0.1) is 22.5 Å². The van der Waals surface area contributed by atoms with Crippen LogP contribution in [0, 0.1) is 0 Å². The lowest BCUT2D eigenvalue weighted by Crippen LogP contribution is -2.10. The minimum atomic E-state index is -3.52. The zero-order chi connectivity index (χ0) is 23.2. The zero-order valence-corrected chi connectivity index (χ0v) is 19.3. The number of ether oxygens (including phenoxy) is 2. The fraction of sp³-hybridized carbons (Fsp3) is 0.0952. The van der Waals surface area contributed by atoms with Gasteiger partial charge in [-0.2, -0.15) is 0 Å². The molecule has 3 heterocycles. The van der Waals surface area contributed by atoms with Crippen LogP contribution >= 0.6 is 23.2 Å². The number of aromatic nitrogens is 3. The molecule has 168 valence electrons. The average Bonchev–Trinajstić information content (AvgIpc) is 3.25. The average molecular weight is 504 g/mol. The molecule has 1 aliphatic heterocycles. The third kappa shape index (κ3) is 4.32. The minimum Gasteiger partial charge on any atom is -0.454 e. The van der Waals surface area contributed by atoms with Gasteiger partial charge in [-0.1, -0.05) is 29.3 Å². The lowest BCUT2D eigenvalue weighted by atomic mass is 10.0. The number of rotatable bonds is 5. The van der Waals surface area contributed by atoms with Gasteiger partial charge in [-0.3, -0.25) is 4.72 Å². The van der Waals surface area contributed by atoms with Crippen LogP contribution in [0.1, 0.15) is 0 Å². The van der Waals surface area contributed by atoms with Crippen LogP contribution in [-0.2, 0) is 10.0 Å². The first-order chi connectivity index (χ1) is 15.8. The van der Waals surface area contributed by atoms with Gasteiger partial charge in [0.25, 0.3) is 0 Å². The third-order valence-corrected chi connectivity index (χ3v) is 6.04. The second-order valence-corrected chi connectivity index (χ2v) is 9.69. The predicted octanol–water partition coefficient (Wildman–Crippen LogP) is 4.84. The van der Waals surface area contributed by atoms with E-state index in [0.717, 1.165) is 11.8 Å². The van der Waals surface area contributed by atoms with Gasteiger partial charge < -0.3 is 14.8 Å². The molecule has 0 amide bonds. The summed E-state index contributed by atoms with van der Waals surface area (Å²) in [6, 6.07) is 10.6. The molecule has 2 aromatic carbocycles. The van der Waals surface area contributed by atoms with Crippen LogP contribution < -0.4 is 19.5 Å². The summed E-state index contributed by atoms with van der Waals surface area (Å²) < 4.78 is 36.7. The normalized spacial score (nSPS) is 12.7. The van der Waals surface area contributed by atoms with Gasteiger partial charge in [-0.15, -0.1) is 0 Å². The van der Waals surface area contributed by atoms with Gasteiger partial charge in [-0.25, -0.2) is 23.4 Å². The topological polar surface area (TPSA) is 115 Å². The number of hydrogen-bond donors (Lipinski definition) is 2. The SMILES string of the molecule is CS(=O)(=O)Nc1cc(-c2ccc3ncnc(Nc4c(Cl)ccc5c4OCO5)c3c2)cnc1Cl. The molecule has 33 heavy (non-hydrogen) atoms. The lowest BCUT2D eigenvalue weighted by Gasteiger charge is -2.13. The van der Waals surface area contributed by atoms with Crippen LogP contribution in [0.4, 0.5) is 17.2 Å². The molecule has 0 spiro atoms. The van der Waals surface area contributed by atoms with E-state index in [1.807, 2.05) is 18.2 Å². The number of hydrogen-bond acceptors (Lipinski definition) is 8. The highest BCUT2D eigenvalue weighted by molar-refractivity contribution is 7.92. The van der Waals surface area contributed by atoms with Gasteiger partial charge >= 0.3 is 0 Å². The number of pyridine rings is 1. The van der Waals surface area contributed by atoms with Gasteiger partial charge in [0.2, 0.25) is 16.8 Å². The Morgan fingerprint density at radius 2 is 1.85 bits per heavy atom. The van der Waals surface area contributed by atoms with Crippen molar-refractivity contribution in [3.8, 4) is 22.6 Å². The van der Waals surface area contributed by atoms with Crippen molar-refractivity contribution in [1.29, 1.82) is 0 Å². The quantitative estimate of drug-likeness (QED) is 0.371. The van der Waals surface area contributed by atoms with Gasteiger partial charge in [0.1, 0.15) is 17.8 Å². The van der Waals surface area contributed by atoms with E-state index in [4.69, 9.17) is 32.7 Å². The minimum absolute atomic E-state index is 0.0467. The summed E-state index contributed by atoms with van der Waals surface area (Å²) in [6.07, 6.45) is 4.04. The third-order valence-electron chi connectivity index (χ3n) is 4.83. The Kier molecular flexibility index (Phi) is 5.35. The molecule has 0 radical (unpaired) electrons. The largest absolute Gasteiger partial charge is 0.454 e. The summed E-state index contributed by atoms with van der Waals surface area (Å²) in [6.45, 7) is 0.104. The Balaban J connectivity index is 1.58. The molecular weight excluding hydrogens is 489 g/mol. The summed E-state index contributed by atoms with van der Waals surface area (Å²) in [4.78, 5) is 12.8. The molecule has 0 saturated heterocycles. The number of sulfonamides is 1. The van der Waals surface area contributed by atoms with E-state index >= 15 is 0 Å². The molecule has 0 unspecified atom stereocenters. The smallest absolute Gasteiger partial charge is 0.231 e. The van der Waals surface area contributed by atoms with E-state index in [-0.39, 0.29) is 17.6 Å². The molecule has 9 nitrogen and oxygen atoms in total. The van der Waals surface area contributed by atoms with Crippen molar-refractivity contribution < 1.29 is 17.9 Å². The molecule has 0 aliphatic carbocycles. The maximum Gasteiger partial charge on any atom is 0.231 e. The highest BCUT2D eigenvalue weighted by Crippen LogP contribution is 2.45. The summed E-state index contributed by atoms with van der Waals surface area (Å²) in [5.41, 5.74) is 2.81. The molecule has 2 aromatic heterocycles. The number of nitrogens with zero attached hydrogens (tertiary/aromatic N) is 3. The molecule has 2 N–H and O–H groups in total. The van der Waals surface area contributed by atoms with Crippen molar-refractivity contribution >= 4 is 61.3 Å². The van der Waals surface area contributed by atoms with E-state index in [2.05, 4.69) is 25.0 Å². The van der Waals surface area contributed by atoms with Crippen molar-refractivity contribution in [2.75, 3.05) is 23.1 Å². The van der Waals surface area contributed by atoms with Crippen LogP contribution in [0.25, 0.3) is 22.0 Å². The molecule has 0 fully saturated rings. The van der Waals surface area contributed by atoms with E-state index in [9.17, 15) is 8.42 Å². The summed E-state index contributed by atoms with van der Waals surface area (Å²) >= 11 is 12.5. The number of fused-ring (bicyclic) bond motifs is 2. The first kappa shape index (κ1) is 21.5. The van der Waals surface area contributed by atoms with Crippen molar-refractivity contribution in [2.45, 2.75) is 0 Å². The second kappa shape index (κ2) is 8.22. The summed E-state index contributed by atoms with van der Waals surface area (Å²) in [5.74, 6) is 1.59. The standard InChI is InChI=1S/C21H15Cl2N5O4S/c1-33(29,30)28-16-7-12(8-24-20(16)23)11-2-4-15-13(6-11)21(26-9-25-15)27-18-14(22)3-5-17-19(18)32-10-31-17/h2-9,28H,10H2,1H3,(H,25,26,27). The molecular formula is C21H15Cl2N5O4S. The van der Waals surface area contributed by atoms with E-state index in [1.165, 1.54) is 6.33 Å². The molecule has 0 saturated carbocycles. The van der Waals surface area contributed by atoms with E-state index < -0.39 is 10.0 Å². The Labute approximate surface area is 198 Å². The number of halogens is 2. The Morgan fingerprint density at radius 3 is 2.67 bits per heavy atom. The Morgan fingerprint density at radius 1 is 1.00 bits per heavy atom. The number of nitrogens with one attached hydrogen (secondary N) is 2. The maximum atomic E-state index is 11.6. The first-order valence-corrected chi connectivity index (χ1v) is 12.2. The van der Waals surface area contributed by atoms with Gasteiger partial charge in [0, 0.05) is 17.1 Å². The van der Waals surface area contributed by atoms with Gasteiger partial charge in [-0.05, 0) is 35.9 Å². The van der Waals surface area contributed by atoms with Crippen LogP contribution in [0.15, 0.2) is 48.9 Å². The maximum absolute atomic E-state index is 11.6. The van der Waals surface area contributed by atoms with Crippen molar-refractivity contribution in [3.63, 3.8) is 0 Å². The molecule has 0 bridgehead atoms. The molecule has 4 aromatic rings. The molecule has 12 heteroatoms. The van der Waals surface area contributed by atoms with E-state index in [0.29, 0.717) is 44.5 Å². The van der Waals surface area contributed by atoms with Crippen molar-refractivity contribution in [2.24, 2.45) is 0 Å². The molecule has 0 atom stereocenters. The molecule has 1 aliphatic rings. The Bertz CT molecular complexity index is 1510. The first-order valence-electron chi connectivity index (χ1n) is 9.52. The van der Waals surface area contributed by atoms with Crippen LogP contribution in [0.3, 0.4) is 0 Å². The lowest BCUT2D eigenvalue weighted by molar-refractivity contribution is 0.174. The fourth-order valence-electron chi connectivity index (χ4n) is 3.40. The monoisotopic (exact) mass is 503 g/mol. The predicted molar refractivity (Wildman–Crippen MR) is 127 cm³/mol. The Hall–Kier alpha value is -3.34. The molecule has 5 rings (SSSR count). The fourth-order valence-corrected chi connectivity index (χ4v) is 4.35. The van der Waals surface area contributed by atoms with Gasteiger partial charge in [0.15, 0.2) is 16.7 Å². The van der Waals surface area contributed by atoms with Crippen LogP contribution in [0.2, 0.25) is 10.2 Å².